The van der Waals surface area contributed by atoms with Crippen LogP contribution in [0.3, 0.4) is 0 Å². The first kappa shape index (κ1) is 24.9. The molecule has 0 spiro atoms. The molecule has 0 fully saturated rings. The minimum absolute atomic E-state index is 0.0184. The molecule has 0 saturated carbocycles. The van der Waals surface area contributed by atoms with E-state index in [9.17, 15) is 18.0 Å². The maximum atomic E-state index is 13.3. The van der Waals surface area contributed by atoms with Gasteiger partial charge in [-0.25, -0.2) is 13.2 Å². The molecule has 3 rings (SSSR count). The van der Waals surface area contributed by atoms with E-state index in [1.165, 1.54) is 43.8 Å². The first-order valence-corrected chi connectivity index (χ1v) is 11.9. The summed E-state index contributed by atoms with van der Waals surface area (Å²) < 4.78 is 37.7. The number of aromatic nitrogens is 1. The molecule has 3 aromatic rings. The van der Waals surface area contributed by atoms with Gasteiger partial charge >= 0.3 is 5.97 Å². The van der Waals surface area contributed by atoms with Crippen molar-refractivity contribution >= 4 is 27.6 Å². The SMILES string of the molecule is CCOC(=O)c1ccc(NC(=O)CN(Cc2ccc(OC)cc2)S(=O)(=O)c2cccnc2)cc1. The summed E-state index contributed by atoms with van der Waals surface area (Å²) in [6, 6.07) is 16.0. The molecule has 0 unspecified atom stereocenters. The van der Waals surface area contributed by atoms with Crippen LogP contribution in [0.4, 0.5) is 5.69 Å². The van der Waals surface area contributed by atoms with Crippen LogP contribution in [0.5, 0.6) is 5.75 Å². The lowest BCUT2D eigenvalue weighted by Crippen LogP contribution is -2.37. The van der Waals surface area contributed by atoms with Gasteiger partial charge in [-0.1, -0.05) is 12.1 Å². The number of nitrogens with zero attached hydrogens (tertiary/aromatic N) is 2. The molecule has 9 nitrogen and oxygen atoms in total. The lowest BCUT2D eigenvalue weighted by atomic mass is 10.2. The van der Waals surface area contributed by atoms with Crippen molar-refractivity contribution in [2.75, 3.05) is 25.6 Å². The van der Waals surface area contributed by atoms with Crippen LogP contribution in [-0.4, -0.2) is 49.8 Å². The molecular formula is C24H25N3O6S. The molecule has 0 bridgehead atoms. The lowest BCUT2D eigenvalue weighted by molar-refractivity contribution is -0.116. The number of anilines is 1. The average Bonchev–Trinajstić information content (AvgIpc) is 2.85. The van der Waals surface area contributed by atoms with Crippen LogP contribution >= 0.6 is 0 Å². The smallest absolute Gasteiger partial charge is 0.338 e. The summed E-state index contributed by atoms with van der Waals surface area (Å²) in [5.74, 6) is -0.368. The molecule has 178 valence electrons. The summed E-state index contributed by atoms with van der Waals surface area (Å²) in [4.78, 5) is 28.4. The topological polar surface area (TPSA) is 115 Å². The molecule has 10 heteroatoms. The third kappa shape index (κ3) is 6.40. The van der Waals surface area contributed by atoms with E-state index in [-0.39, 0.29) is 18.0 Å². The van der Waals surface area contributed by atoms with Crippen LogP contribution in [0.1, 0.15) is 22.8 Å². The number of benzene rings is 2. The number of esters is 1. The molecule has 1 heterocycles. The number of pyridine rings is 1. The zero-order valence-electron chi connectivity index (χ0n) is 18.8. The highest BCUT2D eigenvalue weighted by molar-refractivity contribution is 7.89. The molecule has 0 aliphatic heterocycles. The van der Waals surface area contributed by atoms with Gasteiger partial charge in [0.15, 0.2) is 0 Å². The number of carbonyl (C=O) groups excluding carboxylic acids is 2. The Morgan fingerprint density at radius 2 is 1.74 bits per heavy atom. The molecule has 2 aromatic carbocycles. The predicted octanol–water partition coefficient (Wildman–Crippen LogP) is 3.10. The van der Waals surface area contributed by atoms with Gasteiger partial charge in [0.05, 0.1) is 25.8 Å². The zero-order chi connectivity index (χ0) is 24.6. The number of sulfonamides is 1. The van der Waals surface area contributed by atoms with Crippen LogP contribution in [0.25, 0.3) is 0 Å². The fraction of sp³-hybridized carbons (Fsp3) is 0.208. The Bertz CT molecular complexity index is 1210. The van der Waals surface area contributed by atoms with Crippen LogP contribution < -0.4 is 10.1 Å². The molecule has 1 aromatic heterocycles. The quantitative estimate of drug-likeness (QED) is 0.441. The zero-order valence-corrected chi connectivity index (χ0v) is 19.6. The molecule has 1 amide bonds. The Morgan fingerprint density at radius 1 is 1.03 bits per heavy atom. The highest BCUT2D eigenvalue weighted by atomic mass is 32.2. The van der Waals surface area contributed by atoms with Crippen LogP contribution in [0.15, 0.2) is 78.0 Å². The van der Waals surface area contributed by atoms with Gasteiger partial charge in [0.1, 0.15) is 10.6 Å². The molecule has 1 N–H and O–H groups in total. The minimum Gasteiger partial charge on any atom is -0.497 e. The third-order valence-electron chi connectivity index (χ3n) is 4.79. The van der Waals surface area contributed by atoms with Crippen LogP contribution in [0.2, 0.25) is 0 Å². The van der Waals surface area contributed by atoms with Crippen molar-refractivity contribution in [3.63, 3.8) is 0 Å². The Labute approximate surface area is 198 Å². The van der Waals surface area contributed by atoms with E-state index in [0.717, 1.165) is 4.31 Å². The van der Waals surface area contributed by atoms with Gasteiger partial charge in [-0.05, 0) is 61.0 Å². The van der Waals surface area contributed by atoms with Crippen molar-refractivity contribution in [2.45, 2.75) is 18.4 Å². The number of carbonyl (C=O) groups is 2. The molecular weight excluding hydrogens is 458 g/mol. The number of ether oxygens (including phenoxy) is 2. The minimum atomic E-state index is -4.01. The number of amides is 1. The predicted molar refractivity (Wildman–Crippen MR) is 126 cm³/mol. The molecule has 34 heavy (non-hydrogen) atoms. The van der Waals surface area contributed by atoms with Crippen molar-refractivity contribution < 1.29 is 27.5 Å². The van der Waals surface area contributed by atoms with Gasteiger partial charge < -0.3 is 14.8 Å². The second kappa shape index (κ2) is 11.4. The fourth-order valence-electron chi connectivity index (χ4n) is 3.07. The van der Waals surface area contributed by atoms with Gasteiger partial charge in [0.25, 0.3) is 0 Å². The number of hydrogen-bond donors (Lipinski definition) is 1. The summed E-state index contributed by atoms with van der Waals surface area (Å²) in [6.07, 6.45) is 2.71. The van der Waals surface area contributed by atoms with Crippen molar-refractivity contribution in [1.82, 2.24) is 9.29 Å². The van der Waals surface area contributed by atoms with Gasteiger partial charge in [-0.3, -0.25) is 9.78 Å². The van der Waals surface area contributed by atoms with Crippen molar-refractivity contribution in [2.24, 2.45) is 0 Å². The maximum Gasteiger partial charge on any atom is 0.338 e. The van der Waals surface area contributed by atoms with Gasteiger partial charge in [0, 0.05) is 24.6 Å². The second-order valence-corrected chi connectivity index (χ2v) is 9.09. The average molecular weight is 484 g/mol. The van der Waals surface area contributed by atoms with E-state index in [2.05, 4.69) is 10.3 Å². The highest BCUT2D eigenvalue weighted by Gasteiger charge is 2.27. The van der Waals surface area contributed by atoms with Gasteiger partial charge in [0.2, 0.25) is 15.9 Å². The Hall–Kier alpha value is -3.76. The Morgan fingerprint density at radius 3 is 2.32 bits per heavy atom. The second-order valence-electron chi connectivity index (χ2n) is 7.16. The van der Waals surface area contributed by atoms with Crippen molar-refractivity contribution in [1.29, 1.82) is 0 Å². The van der Waals surface area contributed by atoms with Gasteiger partial charge in [-0.2, -0.15) is 4.31 Å². The van der Waals surface area contributed by atoms with Crippen LogP contribution in [0, 0.1) is 0 Å². The fourth-order valence-corrected chi connectivity index (χ4v) is 4.42. The number of nitrogens with one attached hydrogen (secondary N) is 1. The molecule has 0 aliphatic carbocycles. The van der Waals surface area contributed by atoms with E-state index >= 15 is 0 Å². The monoisotopic (exact) mass is 483 g/mol. The van der Waals surface area contributed by atoms with Crippen LogP contribution in [-0.2, 0) is 26.1 Å². The maximum absolute atomic E-state index is 13.3. The number of rotatable bonds is 10. The summed E-state index contributed by atoms with van der Waals surface area (Å²) in [6.45, 7) is 1.51. The normalized spacial score (nSPS) is 11.1. The number of methoxy groups -OCH3 is 1. The van der Waals surface area contributed by atoms with Crippen molar-refractivity contribution in [3.8, 4) is 5.75 Å². The summed E-state index contributed by atoms with van der Waals surface area (Å²) in [7, 11) is -2.47. The van der Waals surface area contributed by atoms with Crippen molar-refractivity contribution in [3.05, 3.63) is 84.2 Å². The first-order chi connectivity index (χ1) is 16.3. The first-order valence-electron chi connectivity index (χ1n) is 10.4. The highest BCUT2D eigenvalue weighted by Crippen LogP contribution is 2.20. The van der Waals surface area contributed by atoms with E-state index in [4.69, 9.17) is 9.47 Å². The van der Waals surface area contributed by atoms with E-state index in [1.807, 2.05) is 0 Å². The largest absolute Gasteiger partial charge is 0.497 e. The third-order valence-corrected chi connectivity index (χ3v) is 6.57. The van der Waals surface area contributed by atoms with E-state index in [0.29, 0.717) is 22.6 Å². The standard InChI is InChI=1S/C24H25N3O6S/c1-3-33-24(29)19-8-10-20(11-9-19)26-23(28)17-27(16-18-6-12-21(32-2)13-7-18)34(30,31)22-5-4-14-25-15-22/h4-15H,3,16-17H2,1-2H3,(H,26,28). The van der Waals surface area contributed by atoms with E-state index < -0.39 is 28.4 Å². The van der Waals surface area contributed by atoms with E-state index in [1.54, 1.807) is 43.3 Å². The Kier molecular flexibility index (Phi) is 8.34. The molecule has 0 atom stereocenters. The summed E-state index contributed by atoms with van der Waals surface area (Å²) >= 11 is 0. The summed E-state index contributed by atoms with van der Waals surface area (Å²) in [5, 5.41) is 2.67. The van der Waals surface area contributed by atoms with Gasteiger partial charge in [-0.15, -0.1) is 0 Å². The Balaban J connectivity index is 1.78. The molecule has 0 radical (unpaired) electrons. The lowest BCUT2D eigenvalue weighted by Gasteiger charge is -2.22. The molecule has 0 aliphatic rings. The number of hydrogen-bond acceptors (Lipinski definition) is 7. The summed E-state index contributed by atoms with van der Waals surface area (Å²) in [5.41, 5.74) is 1.45. The molecule has 0 saturated heterocycles.